The van der Waals surface area contributed by atoms with Crippen LogP contribution < -0.4 is 0 Å². The number of halogens is 1. The lowest BCUT2D eigenvalue weighted by Gasteiger charge is -2.26. The van der Waals surface area contributed by atoms with Crippen LogP contribution in [-0.2, 0) is 15.3 Å². The number of carbonyl (C=O) groups is 2. The molecule has 0 radical (unpaired) electrons. The van der Waals surface area contributed by atoms with Crippen molar-refractivity contribution in [2.45, 2.75) is 32.1 Å². The first-order valence-corrected chi connectivity index (χ1v) is 8.58. The number of nitrogens with zero attached hydrogens (tertiary/aromatic N) is 1. The summed E-state index contributed by atoms with van der Waals surface area (Å²) in [5, 5.41) is 8.70. The molecule has 1 N–H and O–H groups in total. The average molecular weight is 336 g/mol. The summed E-state index contributed by atoms with van der Waals surface area (Å²) in [6, 6.07) is 3.81. The number of aliphatic carboxylic acids is 1. The van der Waals surface area contributed by atoms with Gasteiger partial charge in [0.2, 0.25) is 5.91 Å². The maximum Gasteiger partial charge on any atom is 0.305 e. The molecule has 1 amide bonds. The predicted molar refractivity (Wildman–Crippen MR) is 84.6 cm³/mol. The van der Waals surface area contributed by atoms with E-state index in [2.05, 4.69) is 0 Å². The number of carboxylic acids is 1. The first-order chi connectivity index (χ1) is 9.40. The summed E-state index contributed by atoms with van der Waals surface area (Å²) in [5.41, 5.74) is 0. The second-order valence-corrected chi connectivity index (χ2v) is 7.31. The maximum atomic E-state index is 12.1. The van der Waals surface area contributed by atoms with Crippen LogP contribution in [0.2, 0.25) is 4.34 Å². The van der Waals surface area contributed by atoms with Gasteiger partial charge in [0.1, 0.15) is 0 Å². The van der Waals surface area contributed by atoms with Crippen LogP contribution >= 0.6 is 34.7 Å². The monoisotopic (exact) mass is 335 g/mol. The van der Waals surface area contributed by atoms with E-state index in [4.69, 9.17) is 16.7 Å². The summed E-state index contributed by atoms with van der Waals surface area (Å²) in [5.74, 6) is 0.194. The van der Waals surface area contributed by atoms with E-state index in [1.54, 1.807) is 4.90 Å². The number of hydrogen-bond donors (Lipinski definition) is 1. The molecule has 0 aliphatic carbocycles. The van der Waals surface area contributed by atoms with Crippen molar-refractivity contribution in [3.63, 3.8) is 0 Å². The van der Waals surface area contributed by atoms with E-state index in [1.807, 2.05) is 26.0 Å². The molecule has 0 saturated heterocycles. The highest BCUT2D eigenvalue weighted by molar-refractivity contribution is 7.99. The highest BCUT2D eigenvalue weighted by atomic mass is 35.5. The Morgan fingerprint density at radius 1 is 1.45 bits per heavy atom. The summed E-state index contributed by atoms with van der Waals surface area (Å²) >= 11 is 8.87. The number of carboxylic acid groups (broad SMARTS) is 1. The zero-order valence-corrected chi connectivity index (χ0v) is 13.9. The van der Waals surface area contributed by atoms with Gasteiger partial charge in [-0.3, -0.25) is 9.59 Å². The van der Waals surface area contributed by atoms with Gasteiger partial charge in [-0.25, -0.2) is 0 Å². The van der Waals surface area contributed by atoms with Crippen LogP contribution in [0.4, 0.5) is 0 Å². The quantitative estimate of drug-likeness (QED) is 0.791. The van der Waals surface area contributed by atoms with Crippen LogP contribution in [0.3, 0.4) is 0 Å². The second kappa shape index (κ2) is 8.54. The Labute approximate surface area is 132 Å². The zero-order chi connectivity index (χ0) is 15.1. The van der Waals surface area contributed by atoms with Gasteiger partial charge >= 0.3 is 5.97 Å². The van der Waals surface area contributed by atoms with Crippen molar-refractivity contribution in [1.82, 2.24) is 4.90 Å². The van der Waals surface area contributed by atoms with Crippen molar-refractivity contribution in [1.29, 1.82) is 0 Å². The largest absolute Gasteiger partial charge is 0.481 e. The summed E-state index contributed by atoms with van der Waals surface area (Å²) in [7, 11) is 0. The maximum absolute atomic E-state index is 12.1. The first kappa shape index (κ1) is 17.3. The van der Waals surface area contributed by atoms with Gasteiger partial charge in [-0.1, -0.05) is 11.6 Å². The molecule has 4 nitrogen and oxygen atoms in total. The van der Waals surface area contributed by atoms with E-state index < -0.39 is 5.97 Å². The third kappa shape index (κ3) is 6.15. The number of thioether (sulfide) groups is 1. The van der Waals surface area contributed by atoms with Crippen molar-refractivity contribution < 1.29 is 14.7 Å². The Kier molecular flexibility index (Phi) is 7.40. The van der Waals surface area contributed by atoms with E-state index in [-0.39, 0.29) is 24.9 Å². The molecule has 20 heavy (non-hydrogen) atoms. The number of amides is 1. The Bertz CT molecular complexity index is 462. The van der Waals surface area contributed by atoms with Crippen molar-refractivity contribution in [3.8, 4) is 0 Å². The van der Waals surface area contributed by atoms with Gasteiger partial charge in [0.05, 0.1) is 16.5 Å². The van der Waals surface area contributed by atoms with Crippen LogP contribution in [0, 0.1) is 0 Å². The van der Waals surface area contributed by atoms with Gasteiger partial charge in [0, 0.05) is 23.2 Å². The predicted octanol–water partition coefficient (Wildman–Crippen LogP) is 3.35. The van der Waals surface area contributed by atoms with Gasteiger partial charge in [0.15, 0.2) is 0 Å². The van der Waals surface area contributed by atoms with E-state index in [9.17, 15) is 9.59 Å². The molecule has 0 aromatic carbocycles. The number of carbonyl (C=O) groups excluding carboxylic acids is 1. The minimum absolute atomic E-state index is 0.0126. The number of thiophene rings is 1. The lowest BCUT2D eigenvalue weighted by molar-refractivity contribution is -0.138. The van der Waals surface area contributed by atoms with Crippen LogP contribution in [0.5, 0.6) is 0 Å². The van der Waals surface area contributed by atoms with E-state index >= 15 is 0 Å². The summed E-state index contributed by atoms with van der Waals surface area (Å²) < 4.78 is 0.747. The lowest BCUT2D eigenvalue weighted by Crippen LogP contribution is -2.39. The van der Waals surface area contributed by atoms with Gasteiger partial charge < -0.3 is 10.0 Å². The van der Waals surface area contributed by atoms with Crippen molar-refractivity contribution in [2.75, 3.05) is 12.3 Å². The molecule has 1 heterocycles. The standard InChI is InChI=1S/C13H18ClNO3S2/c1-9(2)15(6-5-13(17)18)12(16)8-19-7-10-3-4-11(14)20-10/h3-4,9H,5-8H2,1-2H3,(H,17,18). The van der Waals surface area contributed by atoms with Crippen LogP contribution in [0.1, 0.15) is 25.1 Å². The molecule has 0 aliphatic heterocycles. The normalized spacial score (nSPS) is 10.8. The fraction of sp³-hybridized carbons (Fsp3) is 0.538. The molecule has 0 unspecified atom stereocenters. The first-order valence-electron chi connectivity index (χ1n) is 6.23. The fourth-order valence-corrected chi connectivity index (χ4v) is 3.75. The molecule has 0 spiro atoms. The smallest absolute Gasteiger partial charge is 0.305 e. The molecule has 1 aromatic rings. The van der Waals surface area contributed by atoms with Gasteiger partial charge in [0.25, 0.3) is 0 Å². The molecule has 112 valence electrons. The molecule has 7 heteroatoms. The minimum Gasteiger partial charge on any atom is -0.481 e. The molecule has 0 aliphatic rings. The van der Waals surface area contributed by atoms with Crippen LogP contribution in [-0.4, -0.2) is 40.2 Å². The Hall–Kier alpha value is -0.720. The third-order valence-corrected chi connectivity index (χ3v) is 4.99. The van der Waals surface area contributed by atoms with Crippen LogP contribution in [0.25, 0.3) is 0 Å². The summed E-state index contributed by atoms with van der Waals surface area (Å²) in [6.07, 6.45) is -0.0187. The molecule has 1 aromatic heterocycles. The average Bonchev–Trinajstić information content (AvgIpc) is 2.74. The number of hydrogen-bond acceptors (Lipinski definition) is 4. The highest BCUT2D eigenvalue weighted by Gasteiger charge is 2.17. The Balaban J connectivity index is 2.39. The minimum atomic E-state index is -0.885. The molecule has 0 bridgehead atoms. The third-order valence-electron chi connectivity index (χ3n) is 2.61. The molecule has 1 rings (SSSR count). The molecule has 0 fully saturated rings. The number of rotatable bonds is 8. The SMILES string of the molecule is CC(C)N(CCC(=O)O)C(=O)CSCc1ccc(Cl)s1. The van der Waals surface area contributed by atoms with Crippen molar-refractivity contribution >= 4 is 46.6 Å². The van der Waals surface area contributed by atoms with Crippen LogP contribution in [0.15, 0.2) is 12.1 Å². The van der Waals surface area contributed by atoms with E-state index in [1.165, 1.54) is 23.1 Å². The summed E-state index contributed by atoms with van der Waals surface area (Å²) in [6.45, 7) is 4.05. The second-order valence-electron chi connectivity index (χ2n) is 4.52. The fourth-order valence-electron chi connectivity index (χ4n) is 1.64. The van der Waals surface area contributed by atoms with Gasteiger partial charge in [-0.05, 0) is 26.0 Å². The lowest BCUT2D eigenvalue weighted by atomic mass is 10.3. The molecule has 0 saturated carbocycles. The Morgan fingerprint density at radius 3 is 2.65 bits per heavy atom. The Morgan fingerprint density at radius 2 is 2.15 bits per heavy atom. The highest BCUT2D eigenvalue weighted by Crippen LogP contribution is 2.25. The zero-order valence-electron chi connectivity index (χ0n) is 11.5. The van der Waals surface area contributed by atoms with Gasteiger partial charge in [-0.15, -0.1) is 23.1 Å². The topological polar surface area (TPSA) is 57.6 Å². The van der Waals surface area contributed by atoms with Crippen molar-refractivity contribution in [3.05, 3.63) is 21.3 Å². The molecule has 0 atom stereocenters. The van der Waals surface area contributed by atoms with Crippen molar-refractivity contribution in [2.24, 2.45) is 0 Å². The molecular formula is C13H18ClNO3S2. The van der Waals surface area contributed by atoms with E-state index in [0.717, 1.165) is 15.0 Å². The molecular weight excluding hydrogens is 318 g/mol. The summed E-state index contributed by atoms with van der Waals surface area (Å²) in [4.78, 5) is 25.4. The van der Waals surface area contributed by atoms with E-state index in [0.29, 0.717) is 5.75 Å². The van der Waals surface area contributed by atoms with Gasteiger partial charge in [-0.2, -0.15) is 0 Å².